The van der Waals surface area contributed by atoms with Crippen LogP contribution in [0.4, 0.5) is 4.79 Å². The van der Waals surface area contributed by atoms with Crippen LogP contribution in [-0.4, -0.2) is 24.1 Å². The van der Waals surface area contributed by atoms with E-state index >= 15 is 0 Å². The molecule has 2 aromatic carbocycles. The molecule has 3 atom stereocenters. The van der Waals surface area contributed by atoms with E-state index in [9.17, 15) is 9.59 Å². The minimum Gasteiger partial charge on any atom is -0.410 e. The fourth-order valence-electron chi connectivity index (χ4n) is 3.64. The molecule has 0 bridgehead atoms. The second kappa shape index (κ2) is 9.93. The van der Waals surface area contributed by atoms with Crippen molar-refractivity contribution in [3.05, 3.63) is 66.2 Å². The molecule has 0 heterocycles. The topological polar surface area (TPSA) is 67.4 Å². The average Bonchev–Trinajstić information content (AvgIpc) is 2.71. The van der Waals surface area contributed by atoms with Gasteiger partial charge in [-0.1, -0.05) is 68.3 Å². The molecule has 2 aromatic rings. The number of ether oxygens (including phenoxy) is 1. The number of hydrogen-bond donors (Lipinski definition) is 2. The van der Waals surface area contributed by atoms with Gasteiger partial charge >= 0.3 is 6.09 Å². The maximum atomic E-state index is 13.0. The van der Waals surface area contributed by atoms with E-state index in [4.69, 9.17) is 4.74 Å². The van der Waals surface area contributed by atoms with Gasteiger partial charge in [0.05, 0.1) is 0 Å². The van der Waals surface area contributed by atoms with Crippen LogP contribution < -0.4 is 15.4 Å². The van der Waals surface area contributed by atoms with Crippen LogP contribution in [0.2, 0.25) is 0 Å². The summed E-state index contributed by atoms with van der Waals surface area (Å²) < 4.78 is 5.31. The van der Waals surface area contributed by atoms with E-state index in [0.29, 0.717) is 18.1 Å². The van der Waals surface area contributed by atoms with Crippen LogP contribution in [0.1, 0.15) is 38.2 Å². The van der Waals surface area contributed by atoms with Crippen molar-refractivity contribution in [2.24, 2.45) is 5.92 Å². The van der Waals surface area contributed by atoms with E-state index < -0.39 is 12.1 Å². The van der Waals surface area contributed by atoms with Gasteiger partial charge in [-0.3, -0.25) is 4.79 Å². The molecule has 0 aromatic heterocycles. The summed E-state index contributed by atoms with van der Waals surface area (Å²) in [6.45, 7) is 2.17. The highest BCUT2D eigenvalue weighted by atomic mass is 16.6. The zero-order valence-corrected chi connectivity index (χ0v) is 16.3. The predicted molar refractivity (Wildman–Crippen MR) is 109 cm³/mol. The molecule has 0 spiro atoms. The second-order valence-electron chi connectivity index (χ2n) is 7.47. The average molecular weight is 380 g/mol. The third-order valence-corrected chi connectivity index (χ3v) is 5.28. The van der Waals surface area contributed by atoms with Crippen molar-refractivity contribution in [2.75, 3.05) is 0 Å². The van der Waals surface area contributed by atoms with Gasteiger partial charge in [0.15, 0.2) is 0 Å². The smallest absolute Gasteiger partial charge is 0.410 e. The molecule has 5 nitrogen and oxygen atoms in total. The molecule has 0 radical (unpaired) electrons. The zero-order valence-electron chi connectivity index (χ0n) is 16.3. The van der Waals surface area contributed by atoms with Crippen LogP contribution in [0.25, 0.3) is 0 Å². The van der Waals surface area contributed by atoms with Crippen molar-refractivity contribution < 1.29 is 14.3 Å². The van der Waals surface area contributed by atoms with Crippen molar-refractivity contribution in [1.82, 2.24) is 10.6 Å². The molecule has 0 saturated heterocycles. The van der Waals surface area contributed by atoms with E-state index in [1.807, 2.05) is 36.4 Å². The molecule has 1 aliphatic rings. The lowest BCUT2D eigenvalue weighted by Gasteiger charge is -2.31. The Balaban J connectivity index is 1.67. The lowest BCUT2D eigenvalue weighted by Crippen LogP contribution is -2.53. The normalized spacial score (nSPS) is 20.0. The molecule has 28 heavy (non-hydrogen) atoms. The highest BCUT2D eigenvalue weighted by molar-refractivity contribution is 5.86. The molecule has 0 aliphatic heterocycles. The highest BCUT2D eigenvalue weighted by Crippen LogP contribution is 2.23. The first-order valence-electron chi connectivity index (χ1n) is 9.99. The predicted octanol–water partition coefficient (Wildman–Crippen LogP) is 4.08. The number of nitrogens with one attached hydrogen (secondary N) is 2. The van der Waals surface area contributed by atoms with E-state index in [1.165, 1.54) is 6.42 Å². The van der Waals surface area contributed by atoms with Gasteiger partial charge in [-0.25, -0.2) is 4.79 Å². The summed E-state index contributed by atoms with van der Waals surface area (Å²) in [5, 5.41) is 5.89. The van der Waals surface area contributed by atoms with Gasteiger partial charge in [-0.2, -0.15) is 0 Å². The Morgan fingerprint density at radius 2 is 1.64 bits per heavy atom. The van der Waals surface area contributed by atoms with Crippen LogP contribution in [0.3, 0.4) is 0 Å². The number of carbonyl (C=O) groups excluding carboxylic acids is 2. The minimum atomic E-state index is -0.687. The van der Waals surface area contributed by atoms with Crippen molar-refractivity contribution in [3.63, 3.8) is 0 Å². The molecule has 5 heteroatoms. The number of rotatable bonds is 6. The monoisotopic (exact) mass is 380 g/mol. The van der Waals surface area contributed by atoms with E-state index in [-0.39, 0.29) is 11.9 Å². The number of para-hydroxylation sites is 1. The molecular formula is C23H28N2O3. The van der Waals surface area contributed by atoms with Gasteiger partial charge in [0.1, 0.15) is 11.8 Å². The fraction of sp³-hybridized carbons (Fsp3) is 0.391. The second-order valence-corrected chi connectivity index (χ2v) is 7.47. The van der Waals surface area contributed by atoms with Gasteiger partial charge < -0.3 is 15.4 Å². The summed E-state index contributed by atoms with van der Waals surface area (Å²) in [6, 6.07) is 18.0. The summed E-state index contributed by atoms with van der Waals surface area (Å²) in [7, 11) is 0. The molecule has 3 rings (SSSR count). The first-order valence-corrected chi connectivity index (χ1v) is 9.99. The summed E-state index contributed by atoms with van der Waals surface area (Å²) in [5.74, 6) is 0.735. The standard InChI is InChI=1S/C23H28N2O3/c1-17-10-8-9-15-20(17)24-22(26)21(16-18-11-4-2-5-12-18)25-23(27)28-19-13-6-3-7-14-19/h2-7,11-14,17,20-21H,8-10,15-16H2,1H3,(H,24,26)(H,25,27)/t17-,20-,21-/m0/s1. The summed E-state index contributed by atoms with van der Waals surface area (Å²) in [5.41, 5.74) is 0.986. The van der Waals surface area contributed by atoms with Gasteiger partial charge in [-0.05, 0) is 36.5 Å². The molecule has 2 N–H and O–H groups in total. The van der Waals surface area contributed by atoms with E-state index in [2.05, 4.69) is 17.6 Å². The van der Waals surface area contributed by atoms with Gasteiger partial charge in [0.2, 0.25) is 5.91 Å². The largest absolute Gasteiger partial charge is 0.413 e. The molecule has 1 fully saturated rings. The number of benzene rings is 2. The van der Waals surface area contributed by atoms with Crippen molar-refractivity contribution in [3.8, 4) is 5.75 Å². The van der Waals surface area contributed by atoms with Crippen LogP contribution in [0.15, 0.2) is 60.7 Å². The third kappa shape index (κ3) is 5.84. The summed E-state index contributed by atoms with van der Waals surface area (Å²) in [6.07, 6.45) is 4.23. The molecule has 2 amide bonds. The number of carbonyl (C=O) groups is 2. The Morgan fingerprint density at radius 1 is 1.00 bits per heavy atom. The Labute approximate surface area is 166 Å². The number of amides is 2. The van der Waals surface area contributed by atoms with Crippen LogP contribution >= 0.6 is 0 Å². The zero-order chi connectivity index (χ0) is 19.8. The third-order valence-electron chi connectivity index (χ3n) is 5.28. The van der Waals surface area contributed by atoms with Gasteiger partial charge in [-0.15, -0.1) is 0 Å². The summed E-state index contributed by atoms with van der Waals surface area (Å²) >= 11 is 0. The van der Waals surface area contributed by atoms with Crippen LogP contribution in [0.5, 0.6) is 5.75 Å². The van der Waals surface area contributed by atoms with Crippen LogP contribution in [-0.2, 0) is 11.2 Å². The van der Waals surface area contributed by atoms with Gasteiger partial charge in [0.25, 0.3) is 0 Å². The maximum Gasteiger partial charge on any atom is 0.413 e. The number of hydrogen-bond acceptors (Lipinski definition) is 3. The maximum absolute atomic E-state index is 13.0. The first kappa shape index (κ1) is 19.9. The Bertz CT molecular complexity index is 764. The Kier molecular flexibility index (Phi) is 7.06. The van der Waals surface area contributed by atoms with Crippen LogP contribution in [0, 0.1) is 5.92 Å². The Hall–Kier alpha value is -2.82. The van der Waals surface area contributed by atoms with E-state index in [0.717, 1.165) is 24.8 Å². The molecular weight excluding hydrogens is 352 g/mol. The minimum absolute atomic E-state index is 0.159. The first-order chi connectivity index (χ1) is 13.6. The molecule has 1 aliphatic carbocycles. The molecule has 1 saturated carbocycles. The van der Waals surface area contributed by atoms with Gasteiger partial charge in [0, 0.05) is 12.5 Å². The molecule has 0 unspecified atom stereocenters. The van der Waals surface area contributed by atoms with E-state index in [1.54, 1.807) is 24.3 Å². The Morgan fingerprint density at radius 3 is 2.32 bits per heavy atom. The van der Waals surface area contributed by atoms with Crippen molar-refractivity contribution >= 4 is 12.0 Å². The highest BCUT2D eigenvalue weighted by Gasteiger charge is 2.28. The fourth-order valence-corrected chi connectivity index (χ4v) is 3.64. The SMILES string of the molecule is C[C@H]1CCCC[C@@H]1NC(=O)[C@H](Cc1ccccc1)NC(=O)Oc1ccccc1. The van der Waals surface area contributed by atoms with Crippen molar-refractivity contribution in [2.45, 2.75) is 51.1 Å². The summed E-state index contributed by atoms with van der Waals surface area (Å²) in [4.78, 5) is 25.3. The lowest BCUT2D eigenvalue weighted by molar-refractivity contribution is -0.124. The lowest BCUT2D eigenvalue weighted by atomic mass is 9.85. The molecule has 148 valence electrons. The van der Waals surface area contributed by atoms with Crippen molar-refractivity contribution in [1.29, 1.82) is 0 Å². The quantitative estimate of drug-likeness (QED) is 0.793.